The molecule has 2 aromatic rings. The number of ether oxygens (including phenoxy) is 1. The smallest absolute Gasteiger partial charge is 0.416 e. The molecule has 3 rings (SSSR count). The van der Waals surface area contributed by atoms with Crippen LogP contribution < -0.4 is 9.64 Å². The quantitative estimate of drug-likeness (QED) is 0.418. The van der Waals surface area contributed by atoms with E-state index in [9.17, 15) is 21.6 Å². The standard InChI is InChI=1S/C20H17Cl4F3N2O3S/c21-16-11-14(32-10-5-18(23)24)12-17(22)19(16)28-6-8-29(9-7-28)33(30,31)15-3-1-13(2-4-15)20(25,26)27/h1-5,11-12H,6-10H2. The highest BCUT2D eigenvalue weighted by Gasteiger charge is 2.33. The number of halogens is 7. The summed E-state index contributed by atoms with van der Waals surface area (Å²) in [5.74, 6) is 0.406. The fourth-order valence-electron chi connectivity index (χ4n) is 3.25. The molecule has 0 aliphatic carbocycles. The van der Waals surface area contributed by atoms with Gasteiger partial charge in [-0.25, -0.2) is 8.42 Å². The molecule has 1 aliphatic heterocycles. The highest BCUT2D eigenvalue weighted by atomic mass is 35.5. The van der Waals surface area contributed by atoms with Gasteiger partial charge in [0.15, 0.2) is 0 Å². The number of alkyl halides is 3. The lowest BCUT2D eigenvalue weighted by molar-refractivity contribution is -0.137. The van der Waals surface area contributed by atoms with Crippen molar-refractivity contribution in [3.05, 3.63) is 62.6 Å². The van der Waals surface area contributed by atoms with Crippen LogP contribution in [0.15, 0.2) is 51.9 Å². The molecule has 0 N–H and O–H groups in total. The Morgan fingerprint density at radius 3 is 2.03 bits per heavy atom. The van der Waals surface area contributed by atoms with Gasteiger partial charge in [-0.2, -0.15) is 17.5 Å². The summed E-state index contributed by atoms with van der Waals surface area (Å²) in [6.45, 7) is 0.892. The molecule has 0 atom stereocenters. The van der Waals surface area contributed by atoms with E-state index < -0.39 is 21.8 Å². The van der Waals surface area contributed by atoms with Crippen molar-refractivity contribution in [2.45, 2.75) is 11.1 Å². The highest BCUT2D eigenvalue weighted by molar-refractivity contribution is 7.89. The van der Waals surface area contributed by atoms with Crippen molar-refractivity contribution in [3.8, 4) is 5.75 Å². The molecule has 1 heterocycles. The second-order valence-corrected chi connectivity index (χ2v) is 10.7. The van der Waals surface area contributed by atoms with Gasteiger partial charge in [-0.15, -0.1) is 0 Å². The Morgan fingerprint density at radius 1 is 1.00 bits per heavy atom. The lowest BCUT2D eigenvalue weighted by atomic mass is 10.2. The minimum atomic E-state index is -4.54. The third kappa shape index (κ3) is 6.41. The molecule has 1 aliphatic rings. The van der Waals surface area contributed by atoms with E-state index >= 15 is 0 Å². The predicted octanol–water partition coefficient (Wildman–Crippen LogP) is 6.22. The lowest BCUT2D eigenvalue weighted by Crippen LogP contribution is -2.48. The molecule has 0 unspecified atom stereocenters. The number of rotatable bonds is 6. The first kappa shape index (κ1) is 26.2. The van der Waals surface area contributed by atoms with E-state index in [0.717, 1.165) is 24.3 Å². The fraction of sp³-hybridized carbons (Fsp3) is 0.300. The van der Waals surface area contributed by atoms with E-state index in [1.807, 2.05) is 4.90 Å². The summed E-state index contributed by atoms with van der Waals surface area (Å²) in [6.07, 6.45) is -3.09. The molecule has 0 saturated carbocycles. The van der Waals surface area contributed by atoms with Crippen molar-refractivity contribution >= 4 is 62.1 Å². The van der Waals surface area contributed by atoms with Crippen LogP contribution in [0.4, 0.5) is 18.9 Å². The number of benzene rings is 2. The molecule has 13 heteroatoms. The van der Waals surface area contributed by atoms with Gasteiger partial charge in [0.25, 0.3) is 0 Å². The number of hydrogen-bond donors (Lipinski definition) is 0. The second kappa shape index (κ2) is 10.5. The summed E-state index contributed by atoms with van der Waals surface area (Å²) in [7, 11) is -3.95. The van der Waals surface area contributed by atoms with Crippen molar-refractivity contribution in [3.63, 3.8) is 0 Å². The van der Waals surface area contributed by atoms with E-state index in [1.54, 1.807) is 12.1 Å². The Labute approximate surface area is 209 Å². The highest BCUT2D eigenvalue weighted by Crippen LogP contribution is 2.38. The molecule has 180 valence electrons. The van der Waals surface area contributed by atoms with E-state index in [2.05, 4.69) is 0 Å². The third-order valence-corrected chi connectivity index (χ3v) is 7.65. The molecule has 0 radical (unpaired) electrons. The van der Waals surface area contributed by atoms with E-state index in [1.165, 1.54) is 10.4 Å². The minimum absolute atomic E-state index is 0.0629. The van der Waals surface area contributed by atoms with Gasteiger partial charge in [0.2, 0.25) is 10.0 Å². The lowest BCUT2D eigenvalue weighted by Gasteiger charge is -2.36. The molecule has 0 aromatic heterocycles. The van der Waals surface area contributed by atoms with Gasteiger partial charge in [0.1, 0.15) is 16.8 Å². The maximum Gasteiger partial charge on any atom is 0.416 e. The Hall–Kier alpha value is -1.36. The van der Waals surface area contributed by atoms with Crippen LogP contribution in [0.5, 0.6) is 5.75 Å². The van der Waals surface area contributed by atoms with Crippen LogP contribution in [0.25, 0.3) is 0 Å². The zero-order chi connectivity index (χ0) is 24.4. The van der Waals surface area contributed by atoms with E-state index in [0.29, 0.717) is 21.5 Å². The predicted molar refractivity (Wildman–Crippen MR) is 124 cm³/mol. The number of piperazine rings is 1. The first-order valence-electron chi connectivity index (χ1n) is 9.45. The average Bonchev–Trinajstić information content (AvgIpc) is 2.73. The SMILES string of the molecule is O=S(=O)(c1ccc(C(F)(F)F)cc1)N1CCN(c2c(Cl)cc(OCC=C(Cl)Cl)cc2Cl)CC1. The average molecular weight is 564 g/mol. The molecule has 0 amide bonds. The first-order valence-corrected chi connectivity index (χ1v) is 12.4. The first-order chi connectivity index (χ1) is 15.4. The zero-order valence-electron chi connectivity index (χ0n) is 16.8. The van der Waals surface area contributed by atoms with Gasteiger partial charge >= 0.3 is 6.18 Å². The molecule has 1 saturated heterocycles. The summed E-state index contributed by atoms with van der Waals surface area (Å²) in [6, 6.07) is 6.58. The summed E-state index contributed by atoms with van der Waals surface area (Å²) in [5.41, 5.74) is -0.382. The zero-order valence-corrected chi connectivity index (χ0v) is 20.6. The molecular formula is C20H17Cl4F3N2O3S. The van der Waals surface area contributed by atoms with Crippen LogP contribution in [0.2, 0.25) is 10.0 Å². The number of sulfonamides is 1. The van der Waals surface area contributed by atoms with Gasteiger partial charge in [-0.3, -0.25) is 0 Å². The van der Waals surface area contributed by atoms with Gasteiger partial charge in [-0.1, -0.05) is 46.4 Å². The summed E-state index contributed by atoms with van der Waals surface area (Å²) < 4.78 is 70.7. The van der Waals surface area contributed by atoms with Crippen molar-refractivity contribution in [1.82, 2.24) is 4.31 Å². The molecular weight excluding hydrogens is 547 g/mol. The number of nitrogens with zero attached hydrogens (tertiary/aromatic N) is 2. The summed E-state index contributed by atoms with van der Waals surface area (Å²) >= 11 is 23.8. The normalized spacial score (nSPS) is 15.4. The van der Waals surface area contributed by atoms with Gasteiger partial charge in [0, 0.05) is 38.3 Å². The third-order valence-electron chi connectivity index (χ3n) is 4.85. The Morgan fingerprint density at radius 2 is 1.55 bits per heavy atom. The Bertz CT molecular complexity index is 1110. The molecule has 2 aromatic carbocycles. The van der Waals surface area contributed by atoms with Gasteiger partial charge < -0.3 is 9.64 Å². The molecule has 1 fully saturated rings. The maximum atomic E-state index is 12.9. The van der Waals surface area contributed by atoms with Crippen molar-refractivity contribution < 1.29 is 26.3 Å². The molecule has 5 nitrogen and oxygen atoms in total. The summed E-state index contributed by atoms with van der Waals surface area (Å²) in [5, 5.41) is 0.634. The van der Waals surface area contributed by atoms with Crippen molar-refractivity contribution in [2.75, 3.05) is 37.7 Å². The Kier molecular flexibility index (Phi) is 8.35. The molecule has 33 heavy (non-hydrogen) atoms. The van der Waals surface area contributed by atoms with Gasteiger partial charge in [-0.05, 0) is 30.3 Å². The van der Waals surface area contributed by atoms with Crippen LogP contribution >= 0.6 is 46.4 Å². The minimum Gasteiger partial charge on any atom is -0.489 e. The van der Waals surface area contributed by atoms with Crippen LogP contribution in [0.3, 0.4) is 0 Å². The molecule has 0 spiro atoms. The van der Waals surface area contributed by atoms with Crippen molar-refractivity contribution in [1.29, 1.82) is 0 Å². The van der Waals surface area contributed by atoms with E-state index in [-0.39, 0.29) is 42.2 Å². The van der Waals surface area contributed by atoms with Crippen molar-refractivity contribution in [2.24, 2.45) is 0 Å². The Balaban J connectivity index is 1.69. The maximum absolute atomic E-state index is 12.9. The number of anilines is 1. The van der Waals surface area contributed by atoms with Crippen LogP contribution in [0, 0.1) is 0 Å². The van der Waals surface area contributed by atoms with Crippen LogP contribution in [0.1, 0.15) is 5.56 Å². The monoisotopic (exact) mass is 562 g/mol. The van der Waals surface area contributed by atoms with Crippen LogP contribution in [-0.2, 0) is 16.2 Å². The fourth-order valence-corrected chi connectivity index (χ4v) is 5.50. The van der Waals surface area contributed by atoms with Gasteiger partial charge in [0.05, 0.1) is 26.2 Å². The topological polar surface area (TPSA) is 49.9 Å². The second-order valence-electron chi connectivity index (χ2n) is 6.95. The van der Waals surface area contributed by atoms with Crippen LogP contribution in [-0.4, -0.2) is 45.5 Å². The largest absolute Gasteiger partial charge is 0.489 e. The summed E-state index contributed by atoms with van der Waals surface area (Å²) in [4.78, 5) is 1.63. The molecule has 0 bridgehead atoms. The number of hydrogen-bond acceptors (Lipinski definition) is 4. The van der Waals surface area contributed by atoms with E-state index in [4.69, 9.17) is 51.1 Å².